The average Bonchev–Trinajstić information content (AvgIpc) is 2.79. The van der Waals surface area contributed by atoms with Gasteiger partial charge in [-0.1, -0.05) is 11.3 Å². The molecule has 0 saturated carbocycles. The summed E-state index contributed by atoms with van der Waals surface area (Å²) in [7, 11) is 0. The van der Waals surface area contributed by atoms with Crippen LogP contribution in [0.5, 0.6) is 0 Å². The second-order valence-corrected chi connectivity index (χ2v) is 4.84. The third-order valence-electron chi connectivity index (χ3n) is 2.38. The van der Waals surface area contributed by atoms with E-state index >= 15 is 0 Å². The lowest BCUT2D eigenvalue weighted by Crippen LogP contribution is -2.37. The number of hydrogen-bond donors (Lipinski definition) is 1. The maximum atomic E-state index is 10.5. The molecule has 0 spiro atoms. The summed E-state index contributed by atoms with van der Waals surface area (Å²) in [6, 6.07) is 3.30. The molecule has 0 aliphatic carbocycles. The van der Waals surface area contributed by atoms with Gasteiger partial charge in [0.15, 0.2) is 0 Å². The van der Waals surface area contributed by atoms with E-state index in [1.807, 2.05) is 0 Å². The largest absolute Gasteiger partial charge is 0.376 e. The Labute approximate surface area is 103 Å². The zero-order valence-corrected chi connectivity index (χ0v) is 10.1. The van der Waals surface area contributed by atoms with Crippen LogP contribution in [0.3, 0.4) is 0 Å². The van der Waals surface area contributed by atoms with Crippen molar-refractivity contribution in [2.75, 3.05) is 26.4 Å². The lowest BCUT2D eigenvalue weighted by Gasteiger charge is -2.22. The minimum Gasteiger partial charge on any atom is -0.376 e. The number of thiophene rings is 1. The van der Waals surface area contributed by atoms with Gasteiger partial charge in [0.05, 0.1) is 30.8 Å². The van der Waals surface area contributed by atoms with Crippen LogP contribution in [0.1, 0.15) is 4.88 Å². The Hall–Kier alpha value is -1.02. The van der Waals surface area contributed by atoms with Crippen molar-refractivity contribution in [3.8, 4) is 0 Å². The van der Waals surface area contributed by atoms with Crippen LogP contribution in [0.2, 0.25) is 0 Å². The van der Waals surface area contributed by atoms with Crippen LogP contribution in [-0.2, 0) is 16.0 Å². The van der Waals surface area contributed by atoms with Crippen molar-refractivity contribution < 1.29 is 14.4 Å². The minimum atomic E-state index is -0.369. The first-order valence-corrected chi connectivity index (χ1v) is 6.20. The molecule has 1 fully saturated rings. The van der Waals surface area contributed by atoms with E-state index in [1.165, 1.54) is 17.4 Å². The quantitative estimate of drug-likeness (QED) is 0.633. The Bertz CT molecular complexity index is 376. The van der Waals surface area contributed by atoms with Gasteiger partial charge >= 0.3 is 5.00 Å². The van der Waals surface area contributed by atoms with E-state index in [9.17, 15) is 10.1 Å². The number of nitrogens with zero attached hydrogens (tertiary/aromatic N) is 1. The number of nitrogens with one attached hydrogen (secondary N) is 1. The van der Waals surface area contributed by atoms with Crippen molar-refractivity contribution >= 4 is 16.3 Å². The van der Waals surface area contributed by atoms with Gasteiger partial charge in [-0.05, 0) is 6.07 Å². The molecule has 1 unspecified atom stereocenters. The van der Waals surface area contributed by atoms with Gasteiger partial charge in [-0.25, -0.2) is 0 Å². The summed E-state index contributed by atoms with van der Waals surface area (Å²) >= 11 is 1.19. The molecule has 0 bridgehead atoms. The molecule has 1 aromatic heterocycles. The van der Waals surface area contributed by atoms with E-state index in [0.717, 1.165) is 4.88 Å². The Morgan fingerprint density at radius 2 is 2.41 bits per heavy atom. The molecular formula is C10H14N2O4S. The van der Waals surface area contributed by atoms with Gasteiger partial charge in [-0.3, -0.25) is 10.1 Å². The maximum absolute atomic E-state index is 10.5. The first-order chi connectivity index (χ1) is 8.25. The highest BCUT2D eigenvalue weighted by molar-refractivity contribution is 7.15. The summed E-state index contributed by atoms with van der Waals surface area (Å²) in [5.74, 6) is 0. The highest BCUT2D eigenvalue weighted by Gasteiger charge is 2.14. The lowest BCUT2D eigenvalue weighted by molar-refractivity contribution is -0.380. The zero-order chi connectivity index (χ0) is 12.1. The van der Waals surface area contributed by atoms with E-state index < -0.39 is 0 Å². The highest BCUT2D eigenvalue weighted by Crippen LogP contribution is 2.23. The van der Waals surface area contributed by atoms with Gasteiger partial charge in [0.2, 0.25) is 0 Å². The SMILES string of the molecule is O=[N+]([O-])c1ccc(CNCC2COCCO2)s1. The maximum Gasteiger partial charge on any atom is 0.324 e. The van der Waals surface area contributed by atoms with Crippen LogP contribution in [-0.4, -0.2) is 37.4 Å². The van der Waals surface area contributed by atoms with Crippen LogP contribution in [0, 0.1) is 10.1 Å². The van der Waals surface area contributed by atoms with Crippen molar-refractivity contribution in [3.05, 3.63) is 27.1 Å². The second kappa shape index (κ2) is 6.06. The zero-order valence-electron chi connectivity index (χ0n) is 9.26. The van der Waals surface area contributed by atoms with Crippen LogP contribution < -0.4 is 5.32 Å². The van der Waals surface area contributed by atoms with Crippen LogP contribution in [0.25, 0.3) is 0 Å². The average molecular weight is 258 g/mol. The van der Waals surface area contributed by atoms with E-state index in [4.69, 9.17) is 9.47 Å². The first-order valence-electron chi connectivity index (χ1n) is 5.39. The van der Waals surface area contributed by atoms with Crippen LogP contribution >= 0.6 is 11.3 Å². The normalized spacial score (nSPS) is 20.4. The van der Waals surface area contributed by atoms with Crippen molar-refractivity contribution in [1.29, 1.82) is 0 Å². The van der Waals surface area contributed by atoms with Gasteiger partial charge in [-0.15, -0.1) is 0 Å². The lowest BCUT2D eigenvalue weighted by atomic mass is 10.3. The first kappa shape index (κ1) is 12.4. The number of ether oxygens (including phenoxy) is 2. The molecule has 2 heterocycles. The number of rotatable bonds is 5. The summed E-state index contributed by atoms with van der Waals surface area (Å²) in [4.78, 5) is 11.1. The standard InChI is InChI=1S/C10H14N2O4S/c13-12(14)10-2-1-9(17-10)6-11-5-8-7-15-3-4-16-8/h1-2,8,11H,3-7H2. The molecule has 2 rings (SSSR count). The predicted molar refractivity (Wildman–Crippen MR) is 63.2 cm³/mol. The molecule has 0 radical (unpaired) electrons. The van der Waals surface area contributed by atoms with Gasteiger partial charge in [0, 0.05) is 24.0 Å². The molecule has 17 heavy (non-hydrogen) atoms. The number of hydrogen-bond acceptors (Lipinski definition) is 6. The molecule has 1 aliphatic rings. The molecule has 0 amide bonds. The Morgan fingerprint density at radius 3 is 3.06 bits per heavy atom. The van der Waals surface area contributed by atoms with E-state index in [1.54, 1.807) is 6.07 Å². The molecule has 6 nitrogen and oxygen atoms in total. The molecule has 1 N–H and O–H groups in total. The topological polar surface area (TPSA) is 73.6 Å². The number of nitro groups is 1. The molecule has 7 heteroatoms. The Kier molecular flexibility index (Phi) is 4.43. The summed E-state index contributed by atoms with van der Waals surface area (Å²) in [5, 5.41) is 13.9. The fraction of sp³-hybridized carbons (Fsp3) is 0.600. The summed E-state index contributed by atoms with van der Waals surface area (Å²) in [6.45, 7) is 3.23. The van der Waals surface area contributed by atoms with Gasteiger partial charge < -0.3 is 14.8 Å². The molecule has 94 valence electrons. The van der Waals surface area contributed by atoms with Crippen molar-refractivity contribution in [2.24, 2.45) is 0 Å². The van der Waals surface area contributed by atoms with Crippen molar-refractivity contribution in [3.63, 3.8) is 0 Å². The van der Waals surface area contributed by atoms with E-state index in [-0.39, 0.29) is 16.0 Å². The molecule has 1 atom stereocenters. The van der Waals surface area contributed by atoms with Crippen LogP contribution in [0.4, 0.5) is 5.00 Å². The molecule has 1 saturated heterocycles. The van der Waals surface area contributed by atoms with Crippen LogP contribution in [0.15, 0.2) is 12.1 Å². The fourth-order valence-electron chi connectivity index (χ4n) is 1.57. The fourth-order valence-corrected chi connectivity index (χ4v) is 2.36. The van der Waals surface area contributed by atoms with E-state index in [0.29, 0.717) is 32.9 Å². The third kappa shape index (κ3) is 3.74. The summed E-state index contributed by atoms with van der Waals surface area (Å²) in [6.07, 6.45) is 0.0821. The second-order valence-electron chi connectivity index (χ2n) is 3.70. The third-order valence-corrected chi connectivity index (χ3v) is 3.42. The molecule has 1 aromatic rings. The van der Waals surface area contributed by atoms with Gasteiger partial charge in [0.25, 0.3) is 0 Å². The smallest absolute Gasteiger partial charge is 0.324 e. The van der Waals surface area contributed by atoms with E-state index in [2.05, 4.69) is 5.32 Å². The molecule has 0 aromatic carbocycles. The minimum absolute atomic E-state index is 0.0821. The molecule has 1 aliphatic heterocycles. The van der Waals surface area contributed by atoms with Crippen molar-refractivity contribution in [2.45, 2.75) is 12.6 Å². The van der Waals surface area contributed by atoms with Gasteiger partial charge in [0.1, 0.15) is 0 Å². The van der Waals surface area contributed by atoms with Gasteiger partial charge in [-0.2, -0.15) is 0 Å². The summed E-state index contributed by atoms with van der Waals surface area (Å²) < 4.78 is 10.7. The molecular weight excluding hydrogens is 244 g/mol. The Morgan fingerprint density at radius 1 is 1.53 bits per heavy atom. The Balaban J connectivity index is 1.71. The summed E-state index contributed by atoms with van der Waals surface area (Å²) in [5.41, 5.74) is 0. The monoisotopic (exact) mass is 258 g/mol. The van der Waals surface area contributed by atoms with Crippen molar-refractivity contribution in [1.82, 2.24) is 5.32 Å². The highest BCUT2D eigenvalue weighted by atomic mass is 32.1. The predicted octanol–water partition coefficient (Wildman–Crippen LogP) is 1.16.